The number of rotatable bonds is 1. The van der Waals surface area contributed by atoms with Crippen LogP contribution in [0.5, 0.6) is 0 Å². The first-order valence-electron chi connectivity index (χ1n) is 6.91. The number of aromatic nitrogens is 6. The number of hydrogen-bond acceptors (Lipinski definition) is 4. The molecule has 0 amide bonds. The van der Waals surface area contributed by atoms with Gasteiger partial charge in [0.2, 0.25) is 0 Å². The Labute approximate surface area is 124 Å². The molecule has 0 bridgehead atoms. The number of H-pyrrole nitrogens is 1. The van der Waals surface area contributed by atoms with Crippen LogP contribution in [0, 0.1) is 0 Å². The first kappa shape index (κ1) is 11.4. The van der Waals surface area contributed by atoms with Crippen molar-refractivity contribution in [3.05, 3.63) is 55.1 Å². The van der Waals surface area contributed by atoms with Crippen molar-refractivity contribution in [2.24, 2.45) is 0 Å². The van der Waals surface area contributed by atoms with E-state index < -0.39 is 0 Å². The van der Waals surface area contributed by atoms with Crippen LogP contribution in [0.25, 0.3) is 39.0 Å². The fourth-order valence-electron chi connectivity index (χ4n) is 2.89. The summed E-state index contributed by atoms with van der Waals surface area (Å²) in [4.78, 5) is 13.3. The fourth-order valence-corrected chi connectivity index (χ4v) is 2.89. The average Bonchev–Trinajstić information content (AvgIpc) is 3.22. The van der Waals surface area contributed by atoms with Crippen molar-refractivity contribution in [2.75, 3.05) is 0 Å². The minimum Gasteiger partial charge on any atom is -0.291 e. The Kier molecular flexibility index (Phi) is 2.13. The van der Waals surface area contributed by atoms with E-state index in [2.05, 4.69) is 30.6 Å². The Balaban J connectivity index is 2.09. The Morgan fingerprint density at radius 3 is 2.91 bits per heavy atom. The lowest BCUT2D eigenvalue weighted by atomic mass is 10.2. The minimum absolute atomic E-state index is 0.700. The van der Waals surface area contributed by atoms with Crippen molar-refractivity contribution in [3.8, 4) is 11.4 Å². The van der Waals surface area contributed by atoms with Gasteiger partial charge in [0.1, 0.15) is 12.0 Å². The summed E-state index contributed by atoms with van der Waals surface area (Å²) in [5.74, 6) is 0.700. The quantitative estimate of drug-likeness (QED) is 0.514. The topological polar surface area (TPSA) is 71.8 Å². The van der Waals surface area contributed by atoms with E-state index in [9.17, 15) is 0 Å². The summed E-state index contributed by atoms with van der Waals surface area (Å²) in [7, 11) is 0. The summed E-state index contributed by atoms with van der Waals surface area (Å²) in [6.45, 7) is 0. The van der Waals surface area contributed by atoms with Gasteiger partial charge in [0.25, 0.3) is 0 Å². The number of imidazole rings is 1. The lowest BCUT2D eigenvalue weighted by Gasteiger charge is -2.06. The van der Waals surface area contributed by atoms with Crippen LogP contribution in [-0.4, -0.2) is 29.5 Å². The molecular weight excluding hydrogens is 276 g/mol. The molecule has 1 aromatic carbocycles. The number of hydrogen-bond donors (Lipinski definition) is 1. The Morgan fingerprint density at radius 2 is 2.00 bits per heavy atom. The molecule has 0 aliphatic rings. The van der Waals surface area contributed by atoms with E-state index in [0.29, 0.717) is 5.82 Å². The third-order valence-electron chi connectivity index (χ3n) is 3.84. The van der Waals surface area contributed by atoms with Gasteiger partial charge in [-0.25, -0.2) is 9.97 Å². The maximum Gasteiger partial charge on any atom is 0.159 e. The zero-order chi connectivity index (χ0) is 14.5. The maximum atomic E-state index is 4.78. The molecule has 0 spiro atoms. The molecule has 0 aliphatic heterocycles. The molecule has 0 radical (unpaired) electrons. The second-order valence-corrected chi connectivity index (χ2v) is 5.09. The normalized spacial score (nSPS) is 11.6. The second-order valence-electron chi connectivity index (χ2n) is 5.09. The summed E-state index contributed by atoms with van der Waals surface area (Å²) < 4.78 is 2.14. The van der Waals surface area contributed by atoms with Crippen LogP contribution in [0.3, 0.4) is 0 Å². The van der Waals surface area contributed by atoms with Crippen molar-refractivity contribution in [1.29, 1.82) is 0 Å². The lowest BCUT2D eigenvalue weighted by Crippen LogP contribution is -1.93. The molecule has 0 aliphatic carbocycles. The standard InChI is InChI=1S/C16H10N6/c1-2-4-14-12(3-1)20-16-11(15-18-9-19-21-15)7-10-8-17-6-5-13(10)22(14)16/h1-9H,(H,18,19,21). The molecule has 0 fully saturated rings. The summed E-state index contributed by atoms with van der Waals surface area (Å²) in [6.07, 6.45) is 5.15. The number of pyridine rings is 2. The predicted molar refractivity (Wildman–Crippen MR) is 83.4 cm³/mol. The Morgan fingerprint density at radius 1 is 1.05 bits per heavy atom. The van der Waals surface area contributed by atoms with E-state index in [1.807, 2.05) is 36.5 Å². The highest BCUT2D eigenvalue weighted by Crippen LogP contribution is 2.29. The van der Waals surface area contributed by atoms with E-state index in [4.69, 9.17) is 4.98 Å². The molecule has 6 nitrogen and oxygen atoms in total. The average molecular weight is 286 g/mol. The summed E-state index contributed by atoms with van der Waals surface area (Å²) in [5, 5.41) is 7.90. The van der Waals surface area contributed by atoms with Gasteiger partial charge in [-0.05, 0) is 24.3 Å². The van der Waals surface area contributed by atoms with Crippen molar-refractivity contribution < 1.29 is 0 Å². The van der Waals surface area contributed by atoms with Crippen molar-refractivity contribution in [1.82, 2.24) is 29.5 Å². The molecule has 104 valence electrons. The molecule has 0 unspecified atom stereocenters. The van der Waals surface area contributed by atoms with Crippen LogP contribution in [0.15, 0.2) is 55.1 Å². The number of benzene rings is 1. The van der Waals surface area contributed by atoms with Crippen LogP contribution >= 0.6 is 0 Å². The highest BCUT2D eigenvalue weighted by molar-refractivity contribution is 5.96. The third-order valence-corrected chi connectivity index (χ3v) is 3.84. The molecule has 4 heterocycles. The lowest BCUT2D eigenvalue weighted by molar-refractivity contribution is 1.09. The zero-order valence-electron chi connectivity index (χ0n) is 11.4. The van der Waals surface area contributed by atoms with Crippen LogP contribution in [0.2, 0.25) is 0 Å². The van der Waals surface area contributed by atoms with E-state index in [0.717, 1.165) is 33.1 Å². The SMILES string of the molecule is c1ccc2c(c1)nc1c(-c3ncn[nH]3)cc3cnccc3n12. The number of fused-ring (bicyclic) bond motifs is 5. The van der Waals surface area contributed by atoms with Gasteiger partial charge in [-0.2, -0.15) is 5.10 Å². The van der Waals surface area contributed by atoms with Crippen molar-refractivity contribution >= 4 is 27.6 Å². The zero-order valence-corrected chi connectivity index (χ0v) is 11.4. The number of aromatic amines is 1. The second kappa shape index (κ2) is 4.11. The fraction of sp³-hybridized carbons (Fsp3) is 0. The van der Waals surface area contributed by atoms with Gasteiger partial charge < -0.3 is 0 Å². The molecule has 1 N–H and O–H groups in total. The number of nitrogens with zero attached hydrogens (tertiary/aromatic N) is 5. The minimum atomic E-state index is 0.700. The molecule has 22 heavy (non-hydrogen) atoms. The Hall–Kier alpha value is -3.28. The molecule has 4 aromatic heterocycles. The monoisotopic (exact) mass is 286 g/mol. The van der Waals surface area contributed by atoms with Gasteiger partial charge in [0, 0.05) is 17.8 Å². The van der Waals surface area contributed by atoms with E-state index in [-0.39, 0.29) is 0 Å². The molecular formula is C16H10N6. The highest BCUT2D eigenvalue weighted by Gasteiger charge is 2.15. The summed E-state index contributed by atoms with van der Waals surface area (Å²) in [6, 6.07) is 12.1. The van der Waals surface area contributed by atoms with E-state index in [1.165, 1.54) is 6.33 Å². The van der Waals surface area contributed by atoms with Gasteiger partial charge in [0.15, 0.2) is 5.82 Å². The molecule has 0 atom stereocenters. The number of nitrogens with one attached hydrogen (secondary N) is 1. The first-order chi connectivity index (χ1) is 10.9. The van der Waals surface area contributed by atoms with Gasteiger partial charge in [-0.1, -0.05) is 12.1 Å². The predicted octanol–water partition coefficient (Wildman–Crippen LogP) is 2.82. The summed E-state index contributed by atoms with van der Waals surface area (Å²) in [5.41, 5.74) is 4.86. The van der Waals surface area contributed by atoms with Crippen molar-refractivity contribution in [3.63, 3.8) is 0 Å². The molecule has 5 aromatic rings. The molecule has 0 saturated carbocycles. The van der Waals surface area contributed by atoms with Gasteiger partial charge in [-0.15, -0.1) is 0 Å². The highest BCUT2D eigenvalue weighted by atomic mass is 15.2. The molecule has 5 rings (SSSR count). The van der Waals surface area contributed by atoms with Gasteiger partial charge >= 0.3 is 0 Å². The maximum absolute atomic E-state index is 4.78. The smallest absolute Gasteiger partial charge is 0.159 e. The third kappa shape index (κ3) is 1.43. The first-order valence-corrected chi connectivity index (χ1v) is 6.91. The van der Waals surface area contributed by atoms with Crippen LogP contribution in [0.1, 0.15) is 0 Å². The number of para-hydroxylation sites is 2. The van der Waals surface area contributed by atoms with Crippen LogP contribution < -0.4 is 0 Å². The van der Waals surface area contributed by atoms with Crippen molar-refractivity contribution in [2.45, 2.75) is 0 Å². The van der Waals surface area contributed by atoms with E-state index in [1.54, 1.807) is 6.20 Å². The molecule has 0 saturated heterocycles. The largest absolute Gasteiger partial charge is 0.291 e. The van der Waals surface area contributed by atoms with E-state index >= 15 is 0 Å². The van der Waals surface area contributed by atoms with Crippen LogP contribution in [0.4, 0.5) is 0 Å². The summed E-state index contributed by atoms with van der Waals surface area (Å²) >= 11 is 0. The Bertz CT molecular complexity index is 1120. The van der Waals surface area contributed by atoms with Gasteiger partial charge in [-0.3, -0.25) is 14.5 Å². The molecule has 6 heteroatoms. The van der Waals surface area contributed by atoms with Crippen LogP contribution in [-0.2, 0) is 0 Å². The van der Waals surface area contributed by atoms with Gasteiger partial charge in [0.05, 0.1) is 22.1 Å².